The SMILES string of the molecule is Cc1cocc1C(=O)CN(C)C(=O)OC(C)(C)C. The van der Waals surface area contributed by atoms with Crippen molar-refractivity contribution in [1.82, 2.24) is 4.90 Å². The van der Waals surface area contributed by atoms with Crippen LogP contribution in [0.1, 0.15) is 36.7 Å². The van der Waals surface area contributed by atoms with Gasteiger partial charge in [-0.15, -0.1) is 0 Å². The highest BCUT2D eigenvalue weighted by Gasteiger charge is 2.22. The quantitative estimate of drug-likeness (QED) is 0.777. The van der Waals surface area contributed by atoms with E-state index in [0.717, 1.165) is 5.56 Å². The summed E-state index contributed by atoms with van der Waals surface area (Å²) in [4.78, 5) is 24.8. The molecule has 0 N–H and O–H groups in total. The van der Waals surface area contributed by atoms with Crippen molar-refractivity contribution in [3.63, 3.8) is 0 Å². The molecule has 0 saturated carbocycles. The van der Waals surface area contributed by atoms with Gasteiger partial charge in [-0.05, 0) is 33.3 Å². The van der Waals surface area contributed by atoms with Crippen molar-refractivity contribution in [3.8, 4) is 0 Å². The van der Waals surface area contributed by atoms with Gasteiger partial charge in [0.15, 0.2) is 5.78 Å². The van der Waals surface area contributed by atoms with Gasteiger partial charge in [0.25, 0.3) is 0 Å². The van der Waals surface area contributed by atoms with Crippen LogP contribution in [0.5, 0.6) is 0 Å². The van der Waals surface area contributed by atoms with Gasteiger partial charge in [0.1, 0.15) is 11.9 Å². The van der Waals surface area contributed by atoms with Crippen LogP contribution in [-0.4, -0.2) is 36.0 Å². The largest absolute Gasteiger partial charge is 0.472 e. The van der Waals surface area contributed by atoms with Crippen LogP contribution in [0.4, 0.5) is 4.79 Å². The summed E-state index contributed by atoms with van der Waals surface area (Å²) in [6, 6.07) is 0. The number of furan rings is 1. The lowest BCUT2D eigenvalue weighted by Gasteiger charge is -2.24. The summed E-state index contributed by atoms with van der Waals surface area (Å²) in [5.74, 6) is -0.172. The molecule has 1 aromatic rings. The standard InChI is InChI=1S/C13H19NO4/c1-9-7-17-8-10(9)11(15)6-14(5)12(16)18-13(2,3)4/h7-8H,6H2,1-5H3. The lowest BCUT2D eigenvalue weighted by Crippen LogP contribution is -2.37. The maximum atomic E-state index is 11.9. The third-order valence-corrected chi connectivity index (χ3v) is 2.24. The van der Waals surface area contributed by atoms with E-state index in [4.69, 9.17) is 9.15 Å². The fourth-order valence-electron chi connectivity index (χ4n) is 1.35. The molecule has 1 amide bonds. The summed E-state index contributed by atoms with van der Waals surface area (Å²) >= 11 is 0. The Balaban J connectivity index is 2.60. The molecular formula is C13H19NO4. The zero-order valence-corrected chi connectivity index (χ0v) is 11.4. The smallest absolute Gasteiger partial charge is 0.410 e. The number of ketones is 1. The number of rotatable bonds is 3. The lowest BCUT2D eigenvalue weighted by molar-refractivity contribution is 0.0294. The summed E-state index contributed by atoms with van der Waals surface area (Å²) in [7, 11) is 1.53. The van der Waals surface area contributed by atoms with Crippen molar-refractivity contribution in [2.24, 2.45) is 0 Å². The topological polar surface area (TPSA) is 59.8 Å². The minimum atomic E-state index is -0.569. The van der Waals surface area contributed by atoms with Crippen molar-refractivity contribution in [2.75, 3.05) is 13.6 Å². The number of hydrogen-bond acceptors (Lipinski definition) is 4. The van der Waals surface area contributed by atoms with Gasteiger partial charge < -0.3 is 14.1 Å². The Morgan fingerprint density at radius 3 is 2.39 bits per heavy atom. The van der Waals surface area contributed by atoms with Crippen LogP contribution >= 0.6 is 0 Å². The summed E-state index contributed by atoms with van der Waals surface area (Å²) in [6.07, 6.45) is 2.37. The third kappa shape index (κ3) is 3.91. The van der Waals surface area contributed by atoms with Crippen LogP contribution in [-0.2, 0) is 4.74 Å². The van der Waals surface area contributed by atoms with Crippen molar-refractivity contribution in [3.05, 3.63) is 23.7 Å². The molecule has 0 unspecified atom stereocenters. The number of carbonyl (C=O) groups excluding carboxylic acids is 2. The van der Waals surface area contributed by atoms with Crippen LogP contribution in [0.25, 0.3) is 0 Å². The molecule has 18 heavy (non-hydrogen) atoms. The molecule has 0 aliphatic rings. The Morgan fingerprint density at radius 2 is 1.94 bits per heavy atom. The van der Waals surface area contributed by atoms with Crippen LogP contribution in [0.15, 0.2) is 16.9 Å². The Kier molecular flexibility index (Phi) is 4.16. The van der Waals surface area contributed by atoms with Crippen molar-refractivity contribution < 1.29 is 18.7 Å². The Labute approximate surface area is 107 Å². The van der Waals surface area contributed by atoms with Gasteiger partial charge in [-0.3, -0.25) is 4.79 Å². The number of amides is 1. The average molecular weight is 253 g/mol. The minimum Gasteiger partial charge on any atom is -0.472 e. The molecule has 1 rings (SSSR count). The van der Waals surface area contributed by atoms with E-state index < -0.39 is 11.7 Å². The summed E-state index contributed by atoms with van der Waals surface area (Å²) in [5.41, 5.74) is 0.683. The lowest BCUT2D eigenvalue weighted by atomic mass is 10.1. The van der Waals surface area contributed by atoms with Gasteiger partial charge in [0, 0.05) is 7.05 Å². The predicted molar refractivity (Wildman–Crippen MR) is 66.6 cm³/mol. The molecule has 0 bridgehead atoms. The number of Topliss-reactive ketones (excluding diaryl/α,β-unsaturated/α-hetero) is 1. The number of hydrogen-bond donors (Lipinski definition) is 0. The van der Waals surface area contributed by atoms with Gasteiger partial charge in [0.05, 0.1) is 18.4 Å². The van der Waals surface area contributed by atoms with E-state index in [-0.39, 0.29) is 12.3 Å². The molecule has 0 saturated heterocycles. The second-order valence-corrected chi connectivity index (χ2v) is 5.23. The molecular weight excluding hydrogens is 234 g/mol. The molecule has 5 heteroatoms. The van der Waals surface area contributed by atoms with Crippen molar-refractivity contribution >= 4 is 11.9 Å². The summed E-state index contributed by atoms with van der Waals surface area (Å²) in [5, 5.41) is 0. The Morgan fingerprint density at radius 1 is 1.33 bits per heavy atom. The zero-order chi connectivity index (χ0) is 13.9. The number of carbonyl (C=O) groups is 2. The second-order valence-electron chi connectivity index (χ2n) is 5.23. The van der Waals surface area contributed by atoms with E-state index in [2.05, 4.69) is 0 Å². The molecule has 0 aromatic carbocycles. The first-order chi connectivity index (χ1) is 8.20. The Hall–Kier alpha value is -1.78. The highest BCUT2D eigenvalue weighted by atomic mass is 16.6. The van der Waals surface area contributed by atoms with Gasteiger partial charge in [-0.25, -0.2) is 4.79 Å². The predicted octanol–water partition coefficient (Wildman–Crippen LogP) is 2.64. The first-order valence-electron chi connectivity index (χ1n) is 5.71. The molecule has 1 heterocycles. The minimum absolute atomic E-state index is 0.0325. The maximum Gasteiger partial charge on any atom is 0.410 e. The van der Waals surface area contributed by atoms with E-state index in [1.54, 1.807) is 27.7 Å². The fraction of sp³-hybridized carbons (Fsp3) is 0.538. The normalized spacial score (nSPS) is 11.2. The maximum absolute atomic E-state index is 11.9. The van der Waals surface area contributed by atoms with Gasteiger partial charge in [-0.2, -0.15) is 0 Å². The highest BCUT2D eigenvalue weighted by Crippen LogP contribution is 2.12. The molecule has 0 spiro atoms. The summed E-state index contributed by atoms with van der Waals surface area (Å²) < 4.78 is 10.1. The van der Waals surface area contributed by atoms with E-state index in [1.165, 1.54) is 24.5 Å². The number of nitrogens with zero attached hydrogens (tertiary/aromatic N) is 1. The van der Waals surface area contributed by atoms with E-state index in [0.29, 0.717) is 5.56 Å². The second kappa shape index (κ2) is 5.25. The molecule has 0 fully saturated rings. The van der Waals surface area contributed by atoms with Crippen LogP contribution in [0.2, 0.25) is 0 Å². The van der Waals surface area contributed by atoms with E-state index in [1.807, 2.05) is 0 Å². The van der Waals surface area contributed by atoms with E-state index >= 15 is 0 Å². The number of ether oxygens (including phenoxy) is 1. The zero-order valence-electron chi connectivity index (χ0n) is 11.4. The summed E-state index contributed by atoms with van der Waals surface area (Å²) in [6.45, 7) is 7.09. The number of likely N-dealkylation sites (N-methyl/N-ethyl adjacent to an activating group) is 1. The van der Waals surface area contributed by atoms with Gasteiger partial charge in [-0.1, -0.05) is 0 Å². The van der Waals surface area contributed by atoms with E-state index in [9.17, 15) is 9.59 Å². The molecule has 0 aliphatic heterocycles. The molecule has 5 nitrogen and oxygen atoms in total. The average Bonchev–Trinajstić information content (AvgIpc) is 2.61. The van der Waals surface area contributed by atoms with Crippen molar-refractivity contribution in [2.45, 2.75) is 33.3 Å². The van der Waals surface area contributed by atoms with Crippen molar-refractivity contribution in [1.29, 1.82) is 0 Å². The Bertz CT molecular complexity index is 442. The van der Waals surface area contributed by atoms with Gasteiger partial charge >= 0.3 is 6.09 Å². The first-order valence-corrected chi connectivity index (χ1v) is 5.71. The monoisotopic (exact) mass is 253 g/mol. The van der Waals surface area contributed by atoms with Gasteiger partial charge in [0.2, 0.25) is 0 Å². The van der Waals surface area contributed by atoms with Crippen LogP contribution < -0.4 is 0 Å². The van der Waals surface area contributed by atoms with Crippen LogP contribution in [0.3, 0.4) is 0 Å². The third-order valence-electron chi connectivity index (χ3n) is 2.24. The number of aryl methyl sites for hydroxylation is 1. The molecule has 0 radical (unpaired) electrons. The highest BCUT2D eigenvalue weighted by molar-refractivity contribution is 5.99. The first kappa shape index (κ1) is 14.3. The molecule has 100 valence electrons. The molecule has 0 atom stereocenters. The molecule has 0 aliphatic carbocycles. The van der Waals surface area contributed by atoms with Crippen LogP contribution in [0, 0.1) is 6.92 Å². The molecule has 1 aromatic heterocycles. The fourth-order valence-corrected chi connectivity index (χ4v) is 1.35.